The second kappa shape index (κ2) is 6.42. The third-order valence-electron chi connectivity index (χ3n) is 4.53. The van der Waals surface area contributed by atoms with Crippen LogP contribution in [0.2, 0.25) is 0 Å². The first-order chi connectivity index (χ1) is 9.89. The van der Waals surface area contributed by atoms with Crippen LogP contribution in [0.25, 0.3) is 0 Å². The monoisotopic (exact) mass is 315 g/mol. The van der Waals surface area contributed by atoms with Crippen LogP contribution in [0.4, 0.5) is 4.39 Å². The van der Waals surface area contributed by atoms with Crippen molar-refractivity contribution in [2.24, 2.45) is 11.8 Å². The Bertz CT molecular complexity index is 603. The molecular formula is C15H22FNO3S. The van der Waals surface area contributed by atoms with Crippen molar-refractivity contribution in [3.63, 3.8) is 0 Å². The van der Waals surface area contributed by atoms with Gasteiger partial charge in [-0.05, 0) is 42.4 Å². The summed E-state index contributed by atoms with van der Waals surface area (Å²) in [4.78, 5) is -0.388. The molecule has 4 nitrogen and oxygen atoms in total. The molecule has 21 heavy (non-hydrogen) atoms. The minimum absolute atomic E-state index is 0.155. The minimum atomic E-state index is -3.91. The Hall–Kier alpha value is -0.980. The molecular weight excluding hydrogens is 293 g/mol. The highest BCUT2D eigenvalue weighted by Gasteiger charge is 2.35. The van der Waals surface area contributed by atoms with Crippen molar-refractivity contribution < 1.29 is 17.9 Å². The summed E-state index contributed by atoms with van der Waals surface area (Å²) in [5.74, 6) is -0.0439. The molecule has 2 N–H and O–H groups in total. The van der Waals surface area contributed by atoms with Crippen LogP contribution in [-0.2, 0) is 16.6 Å². The van der Waals surface area contributed by atoms with Gasteiger partial charge in [0, 0.05) is 6.04 Å². The van der Waals surface area contributed by atoms with E-state index in [0.717, 1.165) is 25.3 Å². The first-order valence-corrected chi connectivity index (χ1v) is 8.79. The van der Waals surface area contributed by atoms with Crippen LogP contribution in [0, 0.1) is 17.7 Å². The van der Waals surface area contributed by atoms with Gasteiger partial charge in [0.15, 0.2) is 0 Å². The van der Waals surface area contributed by atoms with Crippen molar-refractivity contribution in [2.75, 3.05) is 0 Å². The van der Waals surface area contributed by atoms with Gasteiger partial charge in [-0.3, -0.25) is 0 Å². The lowest BCUT2D eigenvalue weighted by Gasteiger charge is -2.21. The van der Waals surface area contributed by atoms with Crippen molar-refractivity contribution in [3.8, 4) is 0 Å². The van der Waals surface area contributed by atoms with Gasteiger partial charge in [0.1, 0.15) is 10.7 Å². The number of hydrogen-bond acceptors (Lipinski definition) is 3. The quantitative estimate of drug-likeness (QED) is 0.877. The van der Waals surface area contributed by atoms with Gasteiger partial charge < -0.3 is 5.11 Å². The fourth-order valence-corrected chi connectivity index (χ4v) is 4.59. The highest BCUT2D eigenvalue weighted by molar-refractivity contribution is 7.89. The second-order valence-corrected chi connectivity index (χ2v) is 7.44. The summed E-state index contributed by atoms with van der Waals surface area (Å²) < 4.78 is 41.2. The fourth-order valence-electron chi connectivity index (χ4n) is 3.10. The van der Waals surface area contributed by atoms with E-state index in [1.165, 1.54) is 12.1 Å². The average Bonchev–Trinajstić information content (AvgIpc) is 2.79. The van der Waals surface area contributed by atoms with Crippen LogP contribution in [-0.4, -0.2) is 19.6 Å². The van der Waals surface area contributed by atoms with E-state index in [1.807, 2.05) is 6.92 Å². The zero-order chi connectivity index (χ0) is 15.6. The van der Waals surface area contributed by atoms with Gasteiger partial charge in [-0.15, -0.1) is 0 Å². The van der Waals surface area contributed by atoms with E-state index in [0.29, 0.717) is 11.5 Å². The lowest BCUT2D eigenvalue weighted by Crippen LogP contribution is -2.37. The van der Waals surface area contributed by atoms with Crippen LogP contribution in [0.15, 0.2) is 23.1 Å². The van der Waals surface area contributed by atoms with E-state index in [2.05, 4.69) is 11.6 Å². The van der Waals surface area contributed by atoms with Crippen molar-refractivity contribution in [3.05, 3.63) is 29.6 Å². The van der Waals surface area contributed by atoms with Crippen LogP contribution in [0.3, 0.4) is 0 Å². The van der Waals surface area contributed by atoms with E-state index in [9.17, 15) is 12.8 Å². The average molecular weight is 315 g/mol. The van der Waals surface area contributed by atoms with Gasteiger partial charge >= 0.3 is 0 Å². The topological polar surface area (TPSA) is 66.4 Å². The van der Waals surface area contributed by atoms with Crippen LogP contribution in [0.1, 0.15) is 38.7 Å². The van der Waals surface area contributed by atoms with E-state index >= 15 is 0 Å². The molecule has 2 rings (SSSR count). The zero-order valence-corrected chi connectivity index (χ0v) is 13.2. The maximum Gasteiger partial charge on any atom is 0.243 e. The molecule has 0 aromatic heterocycles. The molecule has 0 aliphatic heterocycles. The predicted octanol–water partition coefficient (Wildman–Crippen LogP) is 2.42. The third kappa shape index (κ3) is 3.44. The Morgan fingerprint density at radius 3 is 2.67 bits per heavy atom. The Morgan fingerprint density at radius 1 is 1.38 bits per heavy atom. The molecule has 1 aromatic carbocycles. The minimum Gasteiger partial charge on any atom is -0.392 e. The molecule has 0 spiro atoms. The molecule has 0 heterocycles. The highest BCUT2D eigenvalue weighted by atomic mass is 32.2. The highest BCUT2D eigenvalue weighted by Crippen LogP contribution is 2.34. The summed E-state index contributed by atoms with van der Waals surface area (Å²) in [5.41, 5.74) is 0.377. The van der Waals surface area contributed by atoms with E-state index in [-0.39, 0.29) is 23.5 Å². The summed E-state index contributed by atoms with van der Waals surface area (Å²) in [6.45, 7) is 3.82. The van der Waals surface area contributed by atoms with Gasteiger partial charge in [-0.25, -0.2) is 17.5 Å². The van der Waals surface area contributed by atoms with Crippen molar-refractivity contribution in [2.45, 2.75) is 50.7 Å². The van der Waals surface area contributed by atoms with Gasteiger partial charge in [-0.1, -0.05) is 26.3 Å². The summed E-state index contributed by atoms with van der Waals surface area (Å²) in [6, 6.07) is 3.48. The van der Waals surface area contributed by atoms with E-state index in [1.54, 1.807) is 0 Å². The smallest absolute Gasteiger partial charge is 0.243 e. The third-order valence-corrected chi connectivity index (χ3v) is 6.03. The molecule has 1 aliphatic rings. The lowest BCUT2D eigenvalue weighted by molar-refractivity contribution is 0.281. The lowest BCUT2D eigenvalue weighted by atomic mass is 9.94. The molecule has 0 radical (unpaired) electrons. The molecule has 1 aromatic rings. The molecule has 3 atom stereocenters. The standard InChI is InChI=1S/C15H22FNO3S/c1-3-12-5-7-14(10(12)2)17-21(19,20)15-8-11(9-18)4-6-13(15)16/h4,6,8,10,12,14,17-18H,3,5,7,9H2,1-2H3. The number of hydrogen-bond donors (Lipinski definition) is 2. The van der Waals surface area contributed by atoms with Gasteiger partial charge in [0.2, 0.25) is 10.0 Å². The van der Waals surface area contributed by atoms with Gasteiger partial charge in [0.05, 0.1) is 6.61 Å². The summed E-state index contributed by atoms with van der Waals surface area (Å²) in [7, 11) is -3.91. The molecule has 0 saturated heterocycles. The summed E-state index contributed by atoms with van der Waals surface area (Å²) in [6.07, 6.45) is 2.79. The van der Waals surface area contributed by atoms with Crippen LogP contribution < -0.4 is 4.72 Å². The molecule has 0 amide bonds. The Kier molecular flexibility index (Phi) is 5.01. The Balaban J connectivity index is 2.23. The van der Waals surface area contributed by atoms with E-state index in [4.69, 9.17) is 5.11 Å². The van der Waals surface area contributed by atoms with Crippen molar-refractivity contribution in [1.29, 1.82) is 0 Å². The number of rotatable bonds is 5. The maximum absolute atomic E-state index is 13.8. The van der Waals surface area contributed by atoms with Crippen molar-refractivity contribution in [1.82, 2.24) is 4.72 Å². The largest absolute Gasteiger partial charge is 0.392 e. The van der Waals surface area contributed by atoms with Gasteiger partial charge in [0.25, 0.3) is 0 Å². The molecule has 1 aliphatic carbocycles. The summed E-state index contributed by atoms with van der Waals surface area (Å²) in [5, 5.41) is 9.07. The Labute approximate surface area is 125 Å². The normalized spacial score (nSPS) is 26.2. The molecule has 1 saturated carbocycles. The summed E-state index contributed by atoms with van der Waals surface area (Å²) >= 11 is 0. The number of sulfonamides is 1. The first kappa shape index (κ1) is 16.4. The van der Waals surface area contributed by atoms with Crippen LogP contribution in [0.5, 0.6) is 0 Å². The van der Waals surface area contributed by atoms with Crippen LogP contribution >= 0.6 is 0 Å². The van der Waals surface area contributed by atoms with E-state index < -0.39 is 15.8 Å². The predicted molar refractivity (Wildman–Crippen MR) is 78.6 cm³/mol. The number of aliphatic hydroxyl groups excluding tert-OH is 1. The second-order valence-electron chi connectivity index (χ2n) is 5.76. The molecule has 1 fully saturated rings. The number of nitrogens with one attached hydrogen (secondary N) is 1. The molecule has 118 valence electrons. The SMILES string of the molecule is CCC1CCC(NS(=O)(=O)c2cc(CO)ccc2F)C1C. The molecule has 0 bridgehead atoms. The molecule has 3 unspecified atom stereocenters. The maximum atomic E-state index is 13.8. The number of aliphatic hydroxyl groups is 1. The molecule has 6 heteroatoms. The van der Waals surface area contributed by atoms with Gasteiger partial charge in [-0.2, -0.15) is 0 Å². The first-order valence-electron chi connectivity index (χ1n) is 7.30. The zero-order valence-electron chi connectivity index (χ0n) is 12.3. The number of halogens is 1. The Morgan fingerprint density at radius 2 is 2.10 bits per heavy atom. The fraction of sp³-hybridized carbons (Fsp3) is 0.600. The van der Waals surface area contributed by atoms with Crippen molar-refractivity contribution >= 4 is 10.0 Å². The number of benzene rings is 1.